The van der Waals surface area contributed by atoms with E-state index in [1.807, 2.05) is 16.9 Å². The number of rotatable bonds is 6. The molecule has 1 N–H and O–H groups in total. The van der Waals surface area contributed by atoms with E-state index in [0.29, 0.717) is 18.4 Å². The average Bonchev–Trinajstić information content (AvgIpc) is 3.06. The van der Waals surface area contributed by atoms with Crippen LogP contribution in [-0.4, -0.2) is 20.9 Å². The van der Waals surface area contributed by atoms with Gasteiger partial charge in [0.2, 0.25) is 0 Å². The third-order valence-corrected chi connectivity index (χ3v) is 4.97. The van der Waals surface area contributed by atoms with Crippen molar-refractivity contribution in [2.45, 2.75) is 65.3 Å². The molecule has 1 saturated carbocycles. The van der Waals surface area contributed by atoms with Crippen molar-refractivity contribution in [1.82, 2.24) is 9.78 Å². The summed E-state index contributed by atoms with van der Waals surface area (Å²) in [6, 6.07) is 2.35. The number of nitrogens with zero attached hydrogens (tertiary/aromatic N) is 2. The van der Waals surface area contributed by atoms with E-state index in [-0.39, 0.29) is 0 Å². The van der Waals surface area contributed by atoms with Gasteiger partial charge >= 0.3 is 5.97 Å². The minimum absolute atomic E-state index is 0.372. The van der Waals surface area contributed by atoms with Crippen LogP contribution < -0.4 is 0 Å². The standard InChI is InChI=1S/C16H26N2O2/c1-4-12(3)18-9-7-14(17-18)11-16(15(19)20)8-6-13(5-2)10-16/h7,9,12-13H,4-6,8,10-11H2,1-3H3,(H,19,20). The molecule has 3 unspecified atom stereocenters. The third-order valence-electron chi connectivity index (χ3n) is 4.97. The molecule has 3 atom stereocenters. The summed E-state index contributed by atoms with van der Waals surface area (Å²) in [4.78, 5) is 11.8. The first kappa shape index (κ1) is 15.1. The summed E-state index contributed by atoms with van der Waals surface area (Å²) in [6.07, 6.45) is 7.29. The van der Waals surface area contributed by atoms with Crippen LogP contribution in [0.15, 0.2) is 12.3 Å². The summed E-state index contributed by atoms with van der Waals surface area (Å²) in [5.74, 6) is -0.0886. The second-order valence-corrected chi connectivity index (χ2v) is 6.32. The predicted molar refractivity (Wildman–Crippen MR) is 78.6 cm³/mol. The zero-order valence-corrected chi connectivity index (χ0v) is 12.8. The van der Waals surface area contributed by atoms with Crippen molar-refractivity contribution in [1.29, 1.82) is 0 Å². The van der Waals surface area contributed by atoms with Crippen LogP contribution in [0.4, 0.5) is 0 Å². The maximum absolute atomic E-state index is 11.8. The highest BCUT2D eigenvalue weighted by molar-refractivity contribution is 5.75. The lowest BCUT2D eigenvalue weighted by atomic mass is 9.80. The van der Waals surface area contributed by atoms with E-state index in [1.165, 1.54) is 0 Å². The molecule has 4 heteroatoms. The Morgan fingerprint density at radius 3 is 2.90 bits per heavy atom. The number of hydrogen-bond acceptors (Lipinski definition) is 2. The van der Waals surface area contributed by atoms with Gasteiger partial charge in [0, 0.05) is 18.7 Å². The first-order valence-electron chi connectivity index (χ1n) is 7.78. The number of carbonyl (C=O) groups is 1. The molecule has 0 aromatic carbocycles. The highest BCUT2D eigenvalue weighted by Crippen LogP contribution is 2.45. The van der Waals surface area contributed by atoms with Gasteiger partial charge in [-0.1, -0.05) is 20.3 Å². The maximum atomic E-state index is 11.8. The molecule has 0 spiro atoms. The molecule has 0 bridgehead atoms. The molecular weight excluding hydrogens is 252 g/mol. The van der Waals surface area contributed by atoms with Crippen LogP contribution in [0.3, 0.4) is 0 Å². The van der Waals surface area contributed by atoms with Gasteiger partial charge in [-0.15, -0.1) is 0 Å². The molecule has 1 aromatic heterocycles. The van der Waals surface area contributed by atoms with Gasteiger partial charge in [-0.05, 0) is 44.6 Å². The van der Waals surface area contributed by atoms with Gasteiger partial charge in [-0.25, -0.2) is 0 Å². The Bertz CT molecular complexity index is 469. The molecule has 1 heterocycles. The molecule has 1 fully saturated rings. The van der Waals surface area contributed by atoms with Crippen LogP contribution >= 0.6 is 0 Å². The fraction of sp³-hybridized carbons (Fsp3) is 0.750. The van der Waals surface area contributed by atoms with E-state index in [1.54, 1.807) is 0 Å². The van der Waals surface area contributed by atoms with Gasteiger partial charge < -0.3 is 5.11 Å². The minimum Gasteiger partial charge on any atom is -0.481 e. The lowest BCUT2D eigenvalue weighted by molar-refractivity contribution is -0.148. The van der Waals surface area contributed by atoms with E-state index in [4.69, 9.17) is 0 Å². The smallest absolute Gasteiger partial charge is 0.310 e. The minimum atomic E-state index is -0.647. The normalized spacial score (nSPS) is 27.6. The number of carboxylic acid groups (broad SMARTS) is 1. The molecule has 1 aliphatic carbocycles. The first-order valence-corrected chi connectivity index (χ1v) is 7.78. The first-order chi connectivity index (χ1) is 9.50. The SMILES string of the molecule is CCC1CCC(Cc2ccn(C(C)CC)n2)(C(=O)O)C1. The molecular formula is C16H26N2O2. The van der Waals surface area contributed by atoms with Crippen LogP contribution in [0.1, 0.15) is 64.6 Å². The quantitative estimate of drug-likeness (QED) is 0.863. The second kappa shape index (κ2) is 5.98. The largest absolute Gasteiger partial charge is 0.481 e. The summed E-state index contributed by atoms with van der Waals surface area (Å²) < 4.78 is 1.96. The highest BCUT2D eigenvalue weighted by atomic mass is 16.4. The van der Waals surface area contributed by atoms with Crippen molar-refractivity contribution >= 4 is 5.97 Å². The summed E-state index contributed by atoms with van der Waals surface area (Å²) in [5, 5.41) is 14.2. The molecule has 1 aliphatic rings. The highest BCUT2D eigenvalue weighted by Gasteiger charge is 2.45. The van der Waals surface area contributed by atoms with E-state index in [9.17, 15) is 9.90 Å². The summed E-state index contributed by atoms with van der Waals surface area (Å²) in [7, 11) is 0. The zero-order valence-electron chi connectivity index (χ0n) is 12.8. The third kappa shape index (κ3) is 2.89. The van der Waals surface area contributed by atoms with E-state index in [2.05, 4.69) is 25.9 Å². The number of carboxylic acids is 1. The number of aliphatic carboxylic acids is 1. The lowest BCUT2D eigenvalue weighted by Crippen LogP contribution is -2.31. The monoisotopic (exact) mass is 278 g/mol. The number of hydrogen-bond donors (Lipinski definition) is 1. The zero-order chi connectivity index (χ0) is 14.8. The van der Waals surface area contributed by atoms with Crippen LogP contribution in [0.5, 0.6) is 0 Å². The van der Waals surface area contributed by atoms with Gasteiger partial charge in [0.1, 0.15) is 0 Å². The van der Waals surface area contributed by atoms with E-state index in [0.717, 1.165) is 37.8 Å². The maximum Gasteiger partial charge on any atom is 0.310 e. The van der Waals surface area contributed by atoms with Gasteiger partial charge in [0.05, 0.1) is 11.1 Å². The van der Waals surface area contributed by atoms with Crippen molar-refractivity contribution in [2.24, 2.45) is 11.3 Å². The molecule has 20 heavy (non-hydrogen) atoms. The molecule has 112 valence electrons. The van der Waals surface area contributed by atoms with Gasteiger partial charge in [0.25, 0.3) is 0 Å². The Labute approximate surface area is 121 Å². The van der Waals surface area contributed by atoms with E-state index >= 15 is 0 Å². The van der Waals surface area contributed by atoms with Crippen LogP contribution in [-0.2, 0) is 11.2 Å². The Morgan fingerprint density at radius 2 is 2.35 bits per heavy atom. The molecule has 0 radical (unpaired) electrons. The molecule has 0 saturated heterocycles. The van der Waals surface area contributed by atoms with E-state index < -0.39 is 11.4 Å². The Hall–Kier alpha value is -1.32. The molecule has 1 aromatic rings. The lowest BCUT2D eigenvalue weighted by Gasteiger charge is -2.23. The van der Waals surface area contributed by atoms with Crippen LogP contribution in [0.2, 0.25) is 0 Å². The summed E-state index contributed by atoms with van der Waals surface area (Å²) in [5.41, 5.74) is 0.333. The topological polar surface area (TPSA) is 55.1 Å². The van der Waals surface area contributed by atoms with Crippen molar-refractivity contribution in [3.8, 4) is 0 Å². The van der Waals surface area contributed by atoms with Crippen molar-refractivity contribution < 1.29 is 9.90 Å². The molecule has 0 amide bonds. The van der Waals surface area contributed by atoms with Gasteiger partial charge in [-0.3, -0.25) is 9.48 Å². The predicted octanol–water partition coefficient (Wildman–Crippen LogP) is 3.68. The molecule has 4 nitrogen and oxygen atoms in total. The van der Waals surface area contributed by atoms with Gasteiger partial charge in [-0.2, -0.15) is 5.10 Å². The summed E-state index contributed by atoms with van der Waals surface area (Å²) >= 11 is 0. The number of aromatic nitrogens is 2. The van der Waals surface area contributed by atoms with Gasteiger partial charge in [0.15, 0.2) is 0 Å². The van der Waals surface area contributed by atoms with Crippen molar-refractivity contribution in [2.75, 3.05) is 0 Å². The molecule has 0 aliphatic heterocycles. The Kier molecular flexibility index (Phi) is 4.51. The second-order valence-electron chi connectivity index (χ2n) is 6.32. The van der Waals surface area contributed by atoms with Crippen molar-refractivity contribution in [3.05, 3.63) is 18.0 Å². The van der Waals surface area contributed by atoms with Crippen LogP contribution in [0.25, 0.3) is 0 Å². The molecule has 2 rings (SSSR count). The Morgan fingerprint density at radius 1 is 1.60 bits per heavy atom. The summed E-state index contributed by atoms with van der Waals surface area (Å²) in [6.45, 7) is 6.42. The fourth-order valence-electron chi connectivity index (χ4n) is 3.27. The van der Waals surface area contributed by atoms with Crippen LogP contribution in [0, 0.1) is 11.3 Å². The Balaban J connectivity index is 2.13. The average molecular weight is 278 g/mol. The fourth-order valence-corrected chi connectivity index (χ4v) is 3.27. The van der Waals surface area contributed by atoms with Crippen molar-refractivity contribution in [3.63, 3.8) is 0 Å².